The Labute approximate surface area is 237 Å². The molecule has 0 spiro atoms. The molecule has 4 heterocycles. The van der Waals surface area contributed by atoms with Crippen molar-refractivity contribution in [1.29, 1.82) is 0 Å². The van der Waals surface area contributed by atoms with E-state index < -0.39 is 18.9 Å². The van der Waals surface area contributed by atoms with Crippen molar-refractivity contribution in [3.8, 4) is 5.88 Å². The molecular weight excluding hydrogens is 537 g/mol. The Bertz CT molecular complexity index is 1280. The van der Waals surface area contributed by atoms with Crippen molar-refractivity contribution >= 4 is 12.2 Å². The maximum absolute atomic E-state index is 12.8. The van der Waals surface area contributed by atoms with Crippen molar-refractivity contribution in [2.45, 2.75) is 50.0 Å². The predicted octanol–water partition coefficient (Wildman–Crippen LogP) is 4.10. The van der Waals surface area contributed by atoms with Crippen molar-refractivity contribution in [1.82, 2.24) is 15.2 Å². The fourth-order valence-electron chi connectivity index (χ4n) is 5.32. The summed E-state index contributed by atoms with van der Waals surface area (Å²) in [6.07, 6.45) is 7.51. The number of aliphatic imine (C=N–C) groups is 1. The molecule has 4 N–H and O–H groups in total. The second-order valence-corrected chi connectivity index (χ2v) is 10.4. The maximum Gasteiger partial charge on any atom is 0.401 e. The average molecular weight is 573 g/mol. The van der Waals surface area contributed by atoms with Crippen molar-refractivity contribution in [2.24, 2.45) is 10.7 Å². The molecule has 0 amide bonds. The summed E-state index contributed by atoms with van der Waals surface area (Å²) in [5.41, 5.74) is 12.3. The van der Waals surface area contributed by atoms with E-state index >= 15 is 0 Å². The number of halogens is 3. The summed E-state index contributed by atoms with van der Waals surface area (Å²) in [6.45, 7) is 1.26. The van der Waals surface area contributed by atoms with Crippen LogP contribution in [0.2, 0.25) is 0 Å². The number of aromatic nitrogens is 1. The van der Waals surface area contributed by atoms with Crippen LogP contribution in [0.5, 0.6) is 5.88 Å². The fourth-order valence-corrected chi connectivity index (χ4v) is 5.32. The number of hydrogen-bond acceptors (Lipinski definition) is 9. The van der Waals surface area contributed by atoms with Crippen LogP contribution in [0, 0.1) is 0 Å². The molecule has 1 aromatic heterocycles. The van der Waals surface area contributed by atoms with E-state index in [9.17, 15) is 13.2 Å². The zero-order valence-corrected chi connectivity index (χ0v) is 22.9. The Morgan fingerprint density at radius 2 is 1.95 bits per heavy atom. The third-order valence-corrected chi connectivity index (χ3v) is 7.35. The van der Waals surface area contributed by atoms with E-state index in [4.69, 9.17) is 19.9 Å². The van der Waals surface area contributed by atoms with Crippen LogP contribution in [-0.2, 0) is 9.47 Å². The Balaban J connectivity index is 1.22. The highest BCUT2D eigenvalue weighted by Gasteiger charge is 2.33. The average Bonchev–Trinajstić information content (AvgIpc) is 3.14. The molecule has 9 nitrogen and oxygen atoms in total. The number of ether oxygens (including phenoxy) is 3. The van der Waals surface area contributed by atoms with E-state index in [2.05, 4.69) is 26.3 Å². The molecule has 0 bridgehead atoms. The minimum atomic E-state index is -4.18. The van der Waals surface area contributed by atoms with Crippen LogP contribution in [0.25, 0.3) is 0 Å². The number of anilines is 1. The van der Waals surface area contributed by atoms with Gasteiger partial charge in [-0.2, -0.15) is 18.2 Å². The SMILES string of the molecule is COc1nc(NC2C=C(C3=CC(N)=C=C(OC4CCOCC4)C=C3)NC=N2)ccc1C1CCN(CC(F)(F)F)CC1. The number of methoxy groups -OCH3 is 1. The molecule has 4 aliphatic rings. The molecule has 1 atom stereocenters. The van der Waals surface area contributed by atoms with Crippen LogP contribution in [0.4, 0.5) is 19.0 Å². The molecule has 41 heavy (non-hydrogen) atoms. The minimum absolute atomic E-state index is 0.0797. The van der Waals surface area contributed by atoms with Crippen LogP contribution in [0.15, 0.2) is 69.9 Å². The van der Waals surface area contributed by atoms with Crippen LogP contribution in [0.3, 0.4) is 0 Å². The molecule has 5 rings (SSSR count). The molecule has 1 aliphatic carbocycles. The number of allylic oxidation sites excluding steroid dienone is 2. The second kappa shape index (κ2) is 12.8. The predicted molar refractivity (Wildman–Crippen MR) is 149 cm³/mol. The number of alkyl halides is 3. The van der Waals surface area contributed by atoms with Gasteiger partial charge in [-0.25, -0.2) is 4.99 Å². The van der Waals surface area contributed by atoms with E-state index in [1.165, 1.54) is 4.90 Å². The lowest BCUT2D eigenvalue weighted by Crippen LogP contribution is -2.39. The normalized spacial score (nSPS) is 22.6. The number of rotatable bonds is 8. The van der Waals surface area contributed by atoms with Crippen LogP contribution >= 0.6 is 0 Å². The van der Waals surface area contributed by atoms with Gasteiger partial charge in [-0.15, -0.1) is 0 Å². The van der Waals surface area contributed by atoms with Gasteiger partial charge < -0.3 is 30.6 Å². The molecule has 12 heteroatoms. The summed E-state index contributed by atoms with van der Waals surface area (Å²) in [7, 11) is 1.55. The monoisotopic (exact) mass is 572 g/mol. The quantitative estimate of drug-likeness (QED) is 0.400. The Morgan fingerprint density at radius 3 is 2.68 bits per heavy atom. The Kier molecular flexibility index (Phi) is 9.02. The first-order chi connectivity index (χ1) is 19.8. The number of piperidine rings is 1. The van der Waals surface area contributed by atoms with Gasteiger partial charge in [-0.3, -0.25) is 4.90 Å². The summed E-state index contributed by atoms with van der Waals surface area (Å²) in [5.74, 6) is 1.70. The molecule has 0 radical (unpaired) electrons. The van der Waals surface area contributed by atoms with Crippen molar-refractivity contribution in [3.63, 3.8) is 0 Å². The highest BCUT2D eigenvalue weighted by molar-refractivity contribution is 5.65. The topological polar surface area (TPSA) is 106 Å². The van der Waals surface area contributed by atoms with E-state index in [-0.39, 0.29) is 12.0 Å². The fraction of sp³-hybridized carbons (Fsp3) is 0.483. The molecule has 2 fully saturated rings. The van der Waals surface area contributed by atoms with Crippen molar-refractivity contribution in [3.05, 3.63) is 70.5 Å². The van der Waals surface area contributed by atoms with E-state index in [0.29, 0.717) is 62.3 Å². The third kappa shape index (κ3) is 7.93. The highest BCUT2D eigenvalue weighted by Crippen LogP contribution is 2.35. The zero-order chi connectivity index (χ0) is 28.8. The largest absolute Gasteiger partial charge is 0.483 e. The maximum atomic E-state index is 12.8. The number of nitrogens with two attached hydrogens (primary N) is 1. The molecular formula is C29H35F3N6O3. The Morgan fingerprint density at radius 1 is 1.17 bits per heavy atom. The lowest BCUT2D eigenvalue weighted by Gasteiger charge is -2.32. The first-order valence-electron chi connectivity index (χ1n) is 13.8. The van der Waals surface area contributed by atoms with Gasteiger partial charge in [-0.1, -0.05) is 5.73 Å². The van der Waals surface area contributed by atoms with Gasteiger partial charge in [-0.05, 0) is 68.3 Å². The standard InChI is InChI=1S/C29H35F3N6O3/c1-39-28-24(19-6-10-38(11-7-19)17-29(30,31)32)4-5-26(37-28)36-27-16-25(34-18-35-27)20-2-3-23(15-21(33)14-20)41-22-8-12-40-13-9-22/h2-5,14,16,18-19,22,27H,6-13,17,33H2,1H3,(H,34,35)(H,36,37). The van der Waals surface area contributed by atoms with Gasteiger partial charge >= 0.3 is 6.18 Å². The summed E-state index contributed by atoms with van der Waals surface area (Å²) in [4.78, 5) is 10.5. The van der Waals surface area contributed by atoms with Gasteiger partial charge in [0.15, 0.2) is 5.76 Å². The summed E-state index contributed by atoms with van der Waals surface area (Å²) < 4.78 is 55.3. The summed E-state index contributed by atoms with van der Waals surface area (Å²) in [5, 5.41) is 6.46. The van der Waals surface area contributed by atoms with Gasteiger partial charge in [0, 0.05) is 29.7 Å². The number of hydrogen-bond donors (Lipinski definition) is 3. The minimum Gasteiger partial charge on any atom is -0.483 e. The first-order valence-corrected chi connectivity index (χ1v) is 13.8. The van der Waals surface area contributed by atoms with Crippen LogP contribution < -0.4 is 21.1 Å². The molecule has 0 aromatic carbocycles. The molecule has 0 saturated carbocycles. The number of nitrogens with one attached hydrogen (secondary N) is 2. The van der Waals surface area contributed by atoms with Gasteiger partial charge in [0.25, 0.3) is 0 Å². The first kappa shape index (κ1) is 28.8. The van der Waals surface area contributed by atoms with E-state index in [0.717, 1.165) is 29.7 Å². The van der Waals surface area contributed by atoms with E-state index in [1.54, 1.807) is 13.4 Å². The zero-order valence-electron chi connectivity index (χ0n) is 22.9. The third-order valence-electron chi connectivity index (χ3n) is 7.35. The Hall–Kier alpha value is -3.73. The molecule has 2 saturated heterocycles. The van der Waals surface area contributed by atoms with Crippen molar-refractivity contribution in [2.75, 3.05) is 45.3 Å². The molecule has 1 aromatic rings. The van der Waals surface area contributed by atoms with Crippen molar-refractivity contribution < 1.29 is 27.4 Å². The molecule has 3 aliphatic heterocycles. The second-order valence-electron chi connectivity index (χ2n) is 10.4. The van der Waals surface area contributed by atoms with Crippen LogP contribution in [0.1, 0.15) is 37.2 Å². The number of likely N-dealkylation sites (tertiary alicyclic amines) is 1. The van der Waals surface area contributed by atoms with Crippen LogP contribution in [-0.4, -0.2) is 74.6 Å². The molecule has 220 valence electrons. The number of nitrogens with zero attached hydrogens (tertiary/aromatic N) is 3. The van der Waals surface area contributed by atoms with Gasteiger partial charge in [0.2, 0.25) is 5.88 Å². The smallest absolute Gasteiger partial charge is 0.401 e. The summed E-state index contributed by atoms with van der Waals surface area (Å²) in [6, 6.07) is 3.78. The van der Waals surface area contributed by atoms with Gasteiger partial charge in [0.05, 0.1) is 38.9 Å². The van der Waals surface area contributed by atoms with E-state index in [1.807, 2.05) is 36.4 Å². The summed E-state index contributed by atoms with van der Waals surface area (Å²) >= 11 is 0. The highest BCUT2D eigenvalue weighted by atomic mass is 19.4. The molecule has 1 unspecified atom stereocenters. The van der Waals surface area contributed by atoms with Gasteiger partial charge in [0.1, 0.15) is 18.1 Å². The number of pyridine rings is 1. The lowest BCUT2D eigenvalue weighted by molar-refractivity contribution is -0.147. The lowest BCUT2D eigenvalue weighted by atomic mass is 9.90.